The van der Waals surface area contributed by atoms with E-state index in [1.54, 1.807) is 4.90 Å². The third-order valence-electron chi connectivity index (χ3n) is 5.07. The number of piperidine rings is 1. The number of halogens is 3. The van der Waals surface area contributed by atoms with Gasteiger partial charge in [0.1, 0.15) is 5.69 Å². The second-order valence-electron chi connectivity index (χ2n) is 6.93. The van der Waals surface area contributed by atoms with E-state index in [0.717, 1.165) is 31.6 Å². The largest absolute Gasteiger partial charge is 0.433 e. The Bertz CT molecular complexity index is 631. The Morgan fingerprint density at radius 2 is 1.92 bits per heavy atom. The van der Waals surface area contributed by atoms with Crippen LogP contribution in [0.3, 0.4) is 0 Å². The molecule has 0 radical (unpaired) electrons. The first-order valence-corrected chi connectivity index (χ1v) is 9.01. The summed E-state index contributed by atoms with van der Waals surface area (Å²) < 4.78 is 38.4. The second-order valence-corrected chi connectivity index (χ2v) is 6.93. The summed E-state index contributed by atoms with van der Waals surface area (Å²) in [5, 5.41) is 0. The highest BCUT2D eigenvalue weighted by molar-refractivity contribution is 5.78. The van der Waals surface area contributed by atoms with Crippen LogP contribution in [-0.2, 0) is 11.0 Å². The van der Waals surface area contributed by atoms with E-state index in [2.05, 4.69) is 16.9 Å². The van der Waals surface area contributed by atoms with E-state index < -0.39 is 11.9 Å². The summed E-state index contributed by atoms with van der Waals surface area (Å²) in [5.74, 6) is 0.233. The first-order chi connectivity index (χ1) is 12.3. The molecule has 0 aromatic carbocycles. The molecule has 2 fully saturated rings. The highest BCUT2D eigenvalue weighted by Gasteiger charge is 2.33. The number of anilines is 1. The van der Waals surface area contributed by atoms with Crippen LogP contribution in [0, 0.1) is 0 Å². The van der Waals surface area contributed by atoms with Crippen molar-refractivity contribution in [2.45, 2.75) is 38.4 Å². The molecule has 1 atom stereocenters. The fourth-order valence-electron chi connectivity index (χ4n) is 3.52. The van der Waals surface area contributed by atoms with Crippen LogP contribution >= 0.6 is 0 Å². The fourth-order valence-corrected chi connectivity index (χ4v) is 3.52. The lowest BCUT2D eigenvalue weighted by Gasteiger charge is -2.38. The first-order valence-electron chi connectivity index (χ1n) is 9.01. The third kappa shape index (κ3) is 4.44. The Labute approximate surface area is 151 Å². The fraction of sp³-hybridized carbons (Fsp3) is 0.706. The highest BCUT2D eigenvalue weighted by atomic mass is 19.4. The van der Waals surface area contributed by atoms with E-state index in [1.165, 1.54) is 6.42 Å². The number of hydrogen-bond acceptors (Lipinski definition) is 5. The molecule has 9 heteroatoms. The van der Waals surface area contributed by atoms with E-state index in [1.807, 2.05) is 9.80 Å². The molecule has 6 nitrogen and oxygen atoms in total. The van der Waals surface area contributed by atoms with Gasteiger partial charge in [-0.1, -0.05) is 0 Å². The molecule has 2 aliphatic heterocycles. The van der Waals surface area contributed by atoms with Crippen LogP contribution in [0.4, 0.5) is 19.1 Å². The maximum Gasteiger partial charge on any atom is 0.433 e. The average molecular weight is 371 g/mol. The number of carbonyl (C=O) groups is 1. The molecule has 3 heterocycles. The number of carbonyl (C=O) groups excluding carboxylic acids is 1. The summed E-state index contributed by atoms with van der Waals surface area (Å²) in [4.78, 5) is 25.8. The maximum atomic E-state index is 12.8. The molecule has 144 valence electrons. The molecule has 2 saturated heterocycles. The normalized spacial score (nSPS) is 22.5. The van der Waals surface area contributed by atoms with Gasteiger partial charge in [-0.05, 0) is 32.3 Å². The smallest absolute Gasteiger partial charge is 0.339 e. The molecular formula is C17H24F3N5O. The Balaban J connectivity index is 1.54. The Morgan fingerprint density at radius 1 is 1.19 bits per heavy atom. The highest BCUT2D eigenvalue weighted by Crippen LogP contribution is 2.28. The quantitative estimate of drug-likeness (QED) is 0.814. The summed E-state index contributed by atoms with van der Waals surface area (Å²) in [6.45, 7) is 5.48. The van der Waals surface area contributed by atoms with Gasteiger partial charge in [-0.2, -0.15) is 13.2 Å². The number of amides is 1. The van der Waals surface area contributed by atoms with Gasteiger partial charge in [-0.3, -0.25) is 9.69 Å². The molecule has 3 rings (SSSR count). The Morgan fingerprint density at radius 3 is 2.58 bits per heavy atom. The number of nitrogens with zero attached hydrogens (tertiary/aromatic N) is 5. The Kier molecular flexibility index (Phi) is 5.64. The lowest BCUT2D eigenvalue weighted by atomic mass is 10.0. The van der Waals surface area contributed by atoms with Gasteiger partial charge < -0.3 is 9.80 Å². The second kappa shape index (κ2) is 7.77. The molecular weight excluding hydrogens is 347 g/mol. The van der Waals surface area contributed by atoms with Crippen molar-refractivity contribution in [3.63, 3.8) is 0 Å². The van der Waals surface area contributed by atoms with Gasteiger partial charge in [0.15, 0.2) is 0 Å². The van der Waals surface area contributed by atoms with Crippen molar-refractivity contribution in [1.82, 2.24) is 19.8 Å². The summed E-state index contributed by atoms with van der Waals surface area (Å²) in [6.07, 6.45) is -0.0698. The number of likely N-dealkylation sites (tertiary alicyclic amines) is 1. The molecule has 1 aromatic heterocycles. The molecule has 0 N–H and O–H groups in total. The van der Waals surface area contributed by atoms with Crippen LogP contribution < -0.4 is 4.90 Å². The van der Waals surface area contributed by atoms with Crippen molar-refractivity contribution in [3.05, 3.63) is 18.0 Å². The van der Waals surface area contributed by atoms with Crippen LogP contribution in [0.1, 0.15) is 31.9 Å². The van der Waals surface area contributed by atoms with Crippen molar-refractivity contribution in [1.29, 1.82) is 0 Å². The number of rotatable bonds is 3. The number of piperazine rings is 1. The average Bonchev–Trinajstić information content (AvgIpc) is 2.62. The van der Waals surface area contributed by atoms with Gasteiger partial charge in [-0.25, -0.2) is 9.97 Å². The zero-order valence-corrected chi connectivity index (χ0v) is 14.9. The monoisotopic (exact) mass is 371 g/mol. The lowest BCUT2D eigenvalue weighted by molar-refractivity contribution is -0.141. The van der Waals surface area contributed by atoms with Gasteiger partial charge in [-0.15, -0.1) is 0 Å². The van der Waals surface area contributed by atoms with E-state index in [-0.39, 0.29) is 17.9 Å². The summed E-state index contributed by atoms with van der Waals surface area (Å²) >= 11 is 0. The molecule has 1 amide bonds. The van der Waals surface area contributed by atoms with Crippen molar-refractivity contribution < 1.29 is 18.0 Å². The van der Waals surface area contributed by atoms with E-state index in [9.17, 15) is 18.0 Å². The predicted octanol–water partition coefficient (Wildman–Crippen LogP) is 2.02. The van der Waals surface area contributed by atoms with E-state index in [0.29, 0.717) is 32.7 Å². The zero-order valence-electron chi connectivity index (χ0n) is 14.9. The molecule has 1 aromatic rings. The summed E-state index contributed by atoms with van der Waals surface area (Å²) in [6, 6.07) is 1.16. The van der Waals surface area contributed by atoms with E-state index in [4.69, 9.17) is 0 Å². The molecule has 1 unspecified atom stereocenters. The molecule has 2 aliphatic rings. The standard InChI is InChI=1S/C17H24F3N5O/c1-13-4-2-3-7-25(13)15(26)12-23-8-10-24(11-9-23)16-21-6-5-14(22-16)17(18,19)20/h5-6,13H,2-4,7-12H2,1H3. The number of alkyl halides is 3. The van der Waals surface area contributed by atoms with Crippen LogP contribution in [0.25, 0.3) is 0 Å². The van der Waals surface area contributed by atoms with Gasteiger partial charge in [0.25, 0.3) is 0 Å². The van der Waals surface area contributed by atoms with Gasteiger partial charge in [0, 0.05) is 45.0 Å². The molecule has 0 saturated carbocycles. The molecule has 0 spiro atoms. The minimum absolute atomic E-state index is 0.0930. The van der Waals surface area contributed by atoms with Crippen LogP contribution in [0.15, 0.2) is 12.3 Å². The van der Waals surface area contributed by atoms with E-state index >= 15 is 0 Å². The van der Waals surface area contributed by atoms with Crippen LogP contribution in [0.5, 0.6) is 0 Å². The minimum Gasteiger partial charge on any atom is -0.339 e. The van der Waals surface area contributed by atoms with Gasteiger partial charge in [0.05, 0.1) is 6.54 Å². The maximum absolute atomic E-state index is 12.8. The zero-order chi connectivity index (χ0) is 18.7. The third-order valence-corrected chi connectivity index (χ3v) is 5.07. The van der Waals surface area contributed by atoms with Gasteiger partial charge in [0.2, 0.25) is 11.9 Å². The minimum atomic E-state index is -4.48. The summed E-state index contributed by atoms with van der Waals surface area (Å²) in [7, 11) is 0. The number of aromatic nitrogens is 2. The van der Waals surface area contributed by atoms with Crippen LogP contribution in [-0.4, -0.2) is 71.0 Å². The number of hydrogen-bond donors (Lipinski definition) is 0. The van der Waals surface area contributed by atoms with Crippen molar-refractivity contribution in [2.75, 3.05) is 44.2 Å². The van der Waals surface area contributed by atoms with Crippen molar-refractivity contribution in [2.24, 2.45) is 0 Å². The molecule has 0 bridgehead atoms. The van der Waals surface area contributed by atoms with Gasteiger partial charge >= 0.3 is 6.18 Å². The SMILES string of the molecule is CC1CCCCN1C(=O)CN1CCN(c2nccc(C(F)(F)F)n2)CC1. The van der Waals surface area contributed by atoms with Crippen LogP contribution in [0.2, 0.25) is 0 Å². The topological polar surface area (TPSA) is 52.6 Å². The summed E-state index contributed by atoms with van der Waals surface area (Å²) in [5.41, 5.74) is -0.931. The first kappa shape index (κ1) is 18.9. The van der Waals surface area contributed by atoms with Crippen molar-refractivity contribution >= 4 is 11.9 Å². The lowest BCUT2D eigenvalue weighted by Crippen LogP contribution is -2.52. The van der Waals surface area contributed by atoms with Crippen molar-refractivity contribution in [3.8, 4) is 0 Å². The predicted molar refractivity (Wildman–Crippen MR) is 90.7 cm³/mol. The molecule has 26 heavy (non-hydrogen) atoms. The molecule has 0 aliphatic carbocycles. The Hall–Kier alpha value is -1.90.